The second-order valence-corrected chi connectivity index (χ2v) is 6.97. The van der Waals surface area contributed by atoms with Crippen molar-refractivity contribution in [2.24, 2.45) is 0 Å². The molecule has 2 heterocycles. The molecule has 0 N–H and O–H groups in total. The molecule has 0 amide bonds. The third-order valence-electron chi connectivity index (χ3n) is 5.12. The molecule has 0 bridgehead atoms. The van der Waals surface area contributed by atoms with E-state index in [1.165, 1.54) is 12.8 Å². The summed E-state index contributed by atoms with van der Waals surface area (Å²) in [5.41, 5.74) is 3.80. The number of hydrogen-bond acceptors (Lipinski definition) is 4. The molecule has 4 heteroatoms. The Kier molecular flexibility index (Phi) is 4.55. The fraction of sp³-hybridized carbons (Fsp3) is 0.526. The van der Waals surface area contributed by atoms with Crippen molar-refractivity contribution in [3.8, 4) is 0 Å². The first-order valence-corrected chi connectivity index (χ1v) is 8.37. The van der Waals surface area contributed by atoms with Gasteiger partial charge in [0, 0.05) is 30.6 Å². The number of benzene rings is 1. The molecule has 1 aliphatic rings. The number of likely N-dealkylation sites (tertiary alicyclic amines) is 1. The lowest BCUT2D eigenvalue weighted by Crippen LogP contribution is -2.44. The lowest BCUT2D eigenvalue weighted by atomic mass is 10.0. The first-order valence-electron chi connectivity index (χ1n) is 8.37. The molecule has 1 fully saturated rings. The molecule has 0 spiro atoms. The summed E-state index contributed by atoms with van der Waals surface area (Å²) in [5, 5.41) is 1.07. The van der Waals surface area contributed by atoms with Gasteiger partial charge in [-0.25, -0.2) is 4.79 Å². The van der Waals surface area contributed by atoms with Gasteiger partial charge in [-0.1, -0.05) is 12.1 Å². The van der Waals surface area contributed by atoms with Crippen LogP contribution in [0.3, 0.4) is 0 Å². The molecule has 1 atom stereocenters. The molecule has 0 radical (unpaired) electrons. The smallest absolute Gasteiger partial charge is 0.336 e. The molecular weight excluding hydrogens is 288 g/mol. The van der Waals surface area contributed by atoms with Crippen LogP contribution in [0.25, 0.3) is 11.0 Å². The largest absolute Gasteiger partial charge is 0.422 e. The summed E-state index contributed by atoms with van der Waals surface area (Å²) < 4.78 is 5.48. The summed E-state index contributed by atoms with van der Waals surface area (Å²) >= 11 is 0. The third kappa shape index (κ3) is 3.33. The third-order valence-corrected chi connectivity index (χ3v) is 5.12. The van der Waals surface area contributed by atoms with Gasteiger partial charge in [-0.3, -0.25) is 4.90 Å². The molecule has 1 unspecified atom stereocenters. The van der Waals surface area contributed by atoms with Gasteiger partial charge in [0.1, 0.15) is 5.58 Å². The van der Waals surface area contributed by atoms with Crippen molar-refractivity contribution in [2.45, 2.75) is 39.3 Å². The van der Waals surface area contributed by atoms with E-state index >= 15 is 0 Å². The van der Waals surface area contributed by atoms with Gasteiger partial charge in [-0.2, -0.15) is 0 Å². The Bertz CT molecular complexity index is 764. The maximum absolute atomic E-state index is 12.0. The number of rotatable bonds is 3. The summed E-state index contributed by atoms with van der Waals surface area (Å²) in [6, 6.07) is 6.46. The second kappa shape index (κ2) is 6.46. The quantitative estimate of drug-likeness (QED) is 0.816. The summed E-state index contributed by atoms with van der Waals surface area (Å²) in [4.78, 5) is 16.7. The van der Waals surface area contributed by atoms with Gasteiger partial charge in [0.15, 0.2) is 0 Å². The van der Waals surface area contributed by atoms with Crippen LogP contribution in [0.1, 0.15) is 29.5 Å². The minimum atomic E-state index is -0.248. The molecule has 1 aliphatic heterocycles. The number of fused-ring (bicyclic) bond motifs is 1. The van der Waals surface area contributed by atoms with E-state index in [2.05, 4.69) is 36.0 Å². The van der Waals surface area contributed by atoms with E-state index in [-0.39, 0.29) is 5.63 Å². The highest BCUT2D eigenvalue weighted by atomic mass is 16.4. The van der Waals surface area contributed by atoms with Crippen LogP contribution in [0.15, 0.2) is 27.4 Å². The van der Waals surface area contributed by atoms with Crippen LogP contribution in [-0.4, -0.2) is 43.0 Å². The zero-order valence-corrected chi connectivity index (χ0v) is 14.6. The van der Waals surface area contributed by atoms with Gasteiger partial charge in [-0.05, 0) is 64.0 Å². The van der Waals surface area contributed by atoms with E-state index in [4.69, 9.17) is 4.42 Å². The van der Waals surface area contributed by atoms with Crippen LogP contribution < -0.4 is 5.63 Å². The molecule has 124 valence electrons. The van der Waals surface area contributed by atoms with E-state index in [9.17, 15) is 4.79 Å². The average molecular weight is 314 g/mol. The molecule has 1 saturated heterocycles. The van der Waals surface area contributed by atoms with Gasteiger partial charge in [0.2, 0.25) is 0 Å². The molecule has 23 heavy (non-hydrogen) atoms. The zero-order chi connectivity index (χ0) is 16.6. The summed E-state index contributed by atoms with van der Waals surface area (Å²) in [5.74, 6) is 0. The first-order chi connectivity index (χ1) is 11.0. The first kappa shape index (κ1) is 16.2. The van der Waals surface area contributed by atoms with Gasteiger partial charge in [0.05, 0.1) is 0 Å². The monoisotopic (exact) mass is 314 g/mol. The zero-order valence-electron chi connectivity index (χ0n) is 14.6. The van der Waals surface area contributed by atoms with Crippen LogP contribution in [0.5, 0.6) is 0 Å². The number of nitrogens with zero attached hydrogens (tertiary/aromatic N) is 2. The number of hydrogen-bond donors (Lipinski definition) is 0. The number of piperidine rings is 1. The van der Waals surface area contributed by atoms with Crippen LogP contribution in [0.2, 0.25) is 0 Å². The fourth-order valence-corrected chi connectivity index (χ4v) is 3.49. The summed E-state index contributed by atoms with van der Waals surface area (Å²) in [6.07, 6.45) is 2.46. The standard InChI is InChI=1S/C19H26N2O2/c1-13-7-8-17-15(10-18(22)23-19(17)14(13)2)11-21-9-5-6-16(12-21)20(3)4/h7-8,10,16H,5-6,9,11-12H2,1-4H3. The van der Waals surface area contributed by atoms with Crippen LogP contribution in [0.4, 0.5) is 0 Å². The molecule has 1 aromatic carbocycles. The molecular formula is C19H26N2O2. The van der Waals surface area contributed by atoms with Crippen LogP contribution in [0, 0.1) is 13.8 Å². The average Bonchev–Trinajstić information content (AvgIpc) is 2.51. The Labute approximate surface area is 137 Å². The van der Waals surface area contributed by atoms with Gasteiger partial charge in [-0.15, -0.1) is 0 Å². The maximum Gasteiger partial charge on any atom is 0.336 e. The Morgan fingerprint density at radius 2 is 2.09 bits per heavy atom. The van der Waals surface area contributed by atoms with Gasteiger partial charge < -0.3 is 9.32 Å². The number of aryl methyl sites for hydroxylation is 2. The van der Waals surface area contributed by atoms with Crippen molar-refractivity contribution in [2.75, 3.05) is 27.2 Å². The van der Waals surface area contributed by atoms with Crippen LogP contribution in [-0.2, 0) is 6.54 Å². The molecule has 0 saturated carbocycles. The SMILES string of the molecule is Cc1ccc2c(CN3CCCC(N(C)C)C3)cc(=O)oc2c1C. The Morgan fingerprint density at radius 1 is 1.30 bits per heavy atom. The second-order valence-electron chi connectivity index (χ2n) is 6.97. The lowest BCUT2D eigenvalue weighted by Gasteiger charge is -2.36. The molecule has 1 aromatic heterocycles. The van der Waals surface area contributed by atoms with Crippen molar-refractivity contribution >= 4 is 11.0 Å². The van der Waals surface area contributed by atoms with Crippen molar-refractivity contribution in [3.05, 3.63) is 45.3 Å². The molecule has 4 nitrogen and oxygen atoms in total. The van der Waals surface area contributed by atoms with Crippen molar-refractivity contribution in [1.29, 1.82) is 0 Å². The topological polar surface area (TPSA) is 36.7 Å². The Morgan fingerprint density at radius 3 is 2.83 bits per heavy atom. The van der Waals surface area contributed by atoms with E-state index in [1.54, 1.807) is 6.07 Å². The molecule has 0 aliphatic carbocycles. The van der Waals surface area contributed by atoms with Crippen LogP contribution >= 0.6 is 0 Å². The minimum absolute atomic E-state index is 0.248. The highest BCUT2D eigenvalue weighted by molar-refractivity contribution is 5.83. The van der Waals surface area contributed by atoms with Gasteiger partial charge >= 0.3 is 5.63 Å². The highest BCUT2D eigenvalue weighted by Crippen LogP contribution is 2.25. The predicted molar refractivity (Wildman–Crippen MR) is 93.9 cm³/mol. The number of likely N-dealkylation sites (N-methyl/N-ethyl adjacent to an activating group) is 1. The van der Waals surface area contributed by atoms with E-state index in [0.29, 0.717) is 6.04 Å². The normalized spacial score (nSPS) is 19.6. The van der Waals surface area contributed by atoms with E-state index in [0.717, 1.165) is 47.3 Å². The maximum atomic E-state index is 12.0. The fourth-order valence-electron chi connectivity index (χ4n) is 3.49. The van der Waals surface area contributed by atoms with E-state index < -0.39 is 0 Å². The summed E-state index contributed by atoms with van der Waals surface area (Å²) in [7, 11) is 4.29. The Hall–Kier alpha value is -1.65. The van der Waals surface area contributed by atoms with Crippen molar-refractivity contribution in [3.63, 3.8) is 0 Å². The van der Waals surface area contributed by atoms with Gasteiger partial charge in [0.25, 0.3) is 0 Å². The Balaban J connectivity index is 1.94. The minimum Gasteiger partial charge on any atom is -0.422 e. The van der Waals surface area contributed by atoms with Crippen molar-refractivity contribution in [1.82, 2.24) is 9.80 Å². The molecule has 2 aromatic rings. The summed E-state index contributed by atoms with van der Waals surface area (Å²) in [6.45, 7) is 7.03. The predicted octanol–water partition coefficient (Wildman–Crippen LogP) is 2.94. The molecule has 3 rings (SSSR count). The van der Waals surface area contributed by atoms with E-state index in [1.807, 2.05) is 13.8 Å². The highest BCUT2D eigenvalue weighted by Gasteiger charge is 2.22. The lowest BCUT2D eigenvalue weighted by molar-refractivity contribution is 0.128. The van der Waals surface area contributed by atoms with Crippen molar-refractivity contribution < 1.29 is 4.42 Å².